The zero-order valence-corrected chi connectivity index (χ0v) is 16.5. The first kappa shape index (κ1) is 21.7. The molecule has 4 N–H and O–H groups in total. The van der Waals surface area contributed by atoms with Gasteiger partial charge in [-0.1, -0.05) is 12.1 Å². The number of ether oxygens (including phenoxy) is 2. The third kappa shape index (κ3) is 5.95. The number of methoxy groups -OCH3 is 2. The first-order valence-electron chi connectivity index (χ1n) is 8.53. The second-order valence-electron chi connectivity index (χ2n) is 6.13. The van der Waals surface area contributed by atoms with Crippen molar-refractivity contribution in [1.29, 1.82) is 0 Å². The monoisotopic (exact) mass is 408 g/mol. The highest BCUT2D eigenvalue weighted by Gasteiger charge is 2.16. The fraction of sp³-hybridized carbons (Fsp3) is 0.316. The van der Waals surface area contributed by atoms with Crippen LogP contribution in [0.25, 0.3) is 0 Å². The highest BCUT2D eigenvalue weighted by atomic mass is 32.2. The fourth-order valence-corrected chi connectivity index (χ4v) is 3.12. The number of hydrogen-bond donors (Lipinski definition) is 3. The molecule has 0 bridgehead atoms. The van der Waals surface area contributed by atoms with Gasteiger partial charge in [0.1, 0.15) is 11.5 Å². The van der Waals surface area contributed by atoms with Crippen molar-refractivity contribution in [2.75, 3.05) is 14.2 Å². The van der Waals surface area contributed by atoms with Gasteiger partial charge in [0, 0.05) is 24.6 Å². The highest BCUT2D eigenvalue weighted by molar-refractivity contribution is 7.89. The van der Waals surface area contributed by atoms with E-state index in [-0.39, 0.29) is 30.2 Å². The van der Waals surface area contributed by atoms with Gasteiger partial charge in [-0.05, 0) is 36.2 Å². The van der Waals surface area contributed by atoms with E-state index < -0.39 is 16.1 Å². The summed E-state index contributed by atoms with van der Waals surface area (Å²) in [6.45, 7) is 0.242. The molecule has 2 rings (SSSR count). The zero-order valence-electron chi connectivity index (χ0n) is 15.7. The van der Waals surface area contributed by atoms with Crippen LogP contribution in [0.1, 0.15) is 30.1 Å². The van der Waals surface area contributed by atoms with Crippen molar-refractivity contribution >= 4 is 15.9 Å². The highest BCUT2D eigenvalue weighted by Crippen LogP contribution is 2.31. The van der Waals surface area contributed by atoms with Gasteiger partial charge in [-0.25, -0.2) is 13.6 Å². The van der Waals surface area contributed by atoms with Crippen LogP contribution in [-0.4, -0.2) is 33.7 Å². The molecule has 0 fully saturated rings. The molecule has 152 valence electrons. The number of nitrogens with one attached hydrogen (secondary N) is 1. The van der Waals surface area contributed by atoms with E-state index in [9.17, 15) is 18.3 Å². The summed E-state index contributed by atoms with van der Waals surface area (Å²) < 4.78 is 32.8. The van der Waals surface area contributed by atoms with Crippen LogP contribution < -0.4 is 19.9 Å². The van der Waals surface area contributed by atoms with Crippen LogP contribution in [0.2, 0.25) is 0 Å². The van der Waals surface area contributed by atoms with Crippen LogP contribution in [-0.2, 0) is 21.4 Å². The van der Waals surface area contributed by atoms with Crippen molar-refractivity contribution in [2.24, 2.45) is 5.14 Å². The van der Waals surface area contributed by atoms with E-state index in [0.717, 1.165) is 5.56 Å². The summed E-state index contributed by atoms with van der Waals surface area (Å²) >= 11 is 0. The van der Waals surface area contributed by atoms with Gasteiger partial charge < -0.3 is 19.9 Å². The number of primary sulfonamides is 1. The molecule has 28 heavy (non-hydrogen) atoms. The fourth-order valence-electron chi connectivity index (χ4n) is 2.60. The Labute approximate surface area is 164 Å². The third-order valence-electron chi connectivity index (χ3n) is 4.19. The average molecular weight is 408 g/mol. The van der Waals surface area contributed by atoms with E-state index in [4.69, 9.17) is 14.6 Å². The molecule has 0 heterocycles. The maximum absolute atomic E-state index is 12.0. The van der Waals surface area contributed by atoms with Gasteiger partial charge in [0.05, 0.1) is 25.2 Å². The maximum atomic E-state index is 12.0. The molecule has 0 aromatic heterocycles. The van der Waals surface area contributed by atoms with Gasteiger partial charge in [-0.3, -0.25) is 4.79 Å². The Balaban J connectivity index is 1.87. The first-order valence-corrected chi connectivity index (χ1v) is 10.1. The molecule has 0 spiro atoms. The molecule has 0 aliphatic heterocycles. The van der Waals surface area contributed by atoms with Crippen LogP contribution in [0.5, 0.6) is 11.5 Å². The lowest BCUT2D eigenvalue weighted by Crippen LogP contribution is -2.23. The molecule has 1 atom stereocenters. The smallest absolute Gasteiger partial charge is 0.238 e. The van der Waals surface area contributed by atoms with E-state index in [1.165, 1.54) is 26.4 Å². The van der Waals surface area contributed by atoms with Crippen molar-refractivity contribution in [2.45, 2.75) is 30.4 Å². The minimum Gasteiger partial charge on any atom is -0.497 e. The number of amides is 1. The summed E-state index contributed by atoms with van der Waals surface area (Å²) in [5, 5.41) is 18.1. The van der Waals surface area contributed by atoms with E-state index in [2.05, 4.69) is 5.32 Å². The molecule has 8 nitrogen and oxygen atoms in total. The van der Waals surface area contributed by atoms with Gasteiger partial charge in [0.15, 0.2) is 0 Å². The van der Waals surface area contributed by atoms with Crippen LogP contribution in [0.15, 0.2) is 47.4 Å². The predicted octanol–water partition coefficient (Wildman–Crippen LogP) is 1.48. The summed E-state index contributed by atoms with van der Waals surface area (Å²) in [6, 6.07) is 11.0. The van der Waals surface area contributed by atoms with E-state index in [0.29, 0.717) is 17.1 Å². The molecule has 0 aliphatic rings. The van der Waals surface area contributed by atoms with Gasteiger partial charge in [0.25, 0.3) is 0 Å². The van der Waals surface area contributed by atoms with Crippen molar-refractivity contribution in [3.8, 4) is 11.5 Å². The first-order chi connectivity index (χ1) is 13.2. The Morgan fingerprint density at radius 2 is 1.82 bits per heavy atom. The standard InChI is InChI=1S/C19H24N2O6S/c1-26-14-5-8-16(18(11-14)27-2)17(22)9-10-19(23)21-12-13-3-6-15(7-4-13)28(20,24)25/h3-8,11,17,22H,9-10,12H2,1-2H3,(H,21,23)(H2,20,24,25). The second-order valence-corrected chi connectivity index (χ2v) is 7.69. The molecular formula is C19H24N2O6S. The Morgan fingerprint density at radius 1 is 1.14 bits per heavy atom. The van der Waals surface area contributed by atoms with Gasteiger partial charge in [-0.2, -0.15) is 0 Å². The Morgan fingerprint density at radius 3 is 2.39 bits per heavy atom. The van der Waals surface area contributed by atoms with Crippen molar-refractivity contribution in [3.63, 3.8) is 0 Å². The summed E-state index contributed by atoms with van der Waals surface area (Å²) in [7, 11) is -0.701. The molecule has 0 aliphatic carbocycles. The quantitative estimate of drug-likeness (QED) is 0.577. The summed E-state index contributed by atoms with van der Waals surface area (Å²) in [6.07, 6.45) is -0.523. The molecule has 1 unspecified atom stereocenters. The molecule has 1 amide bonds. The van der Waals surface area contributed by atoms with Crippen molar-refractivity contribution in [3.05, 3.63) is 53.6 Å². The van der Waals surface area contributed by atoms with Gasteiger partial charge >= 0.3 is 0 Å². The zero-order chi connectivity index (χ0) is 20.7. The summed E-state index contributed by atoms with van der Waals surface area (Å²) in [4.78, 5) is 12.1. The number of sulfonamides is 1. The van der Waals surface area contributed by atoms with Crippen LogP contribution in [0.3, 0.4) is 0 Å². The number of aliphatic hydroxyl groups excluding tert-OH is 1. The number of carbonyl (C=O) groups is 1. The number of hydrogen-bond acceptors (Lipinski definition) is 6. The van der Waals surface area contributed by atoms with Crippen LogP contribution >= 0.6 is 0 Å². The molecule has 2 aromatic carbocycles. The van der Waals surface area contributed by atoms with Crippen molar-refractivity contribution in [1.82, 2.24) is 5.32 Å². The predicted molar refractivity (Wildman–Crippen MR) is 103 cm³/mol. The largest absolute Gasteiger partial charge is 0.497 e. The lowest BCUT2D eigenvalue weighted by Gasteiger charge is -2.15. The topological polar surface area (TPSA) is 128 Å². The molecule has 0 saturated heterocycles. The normalized spacial score (nSPS) is 12.3. The second kappa shape index (κ2) is 9.54. The van der Waals surface area contributed by atoms with E-state index in [1.807, 2.05) is 0 Å². The molecule has 2 aromatic rings. The van der Waals surface area contributed by atoms with Crippen LogP contribution in [0.4, 0.5) is 0 Å². The Hall–Kier alpha value is -2.62. The lowest BCUT2D eigenvalue weighted by molar-refractivity contribution is -0.121. The number of benzene rings is 2. The SMILES string of the molecule is COc1ccc(C(O)CCC(=O)NCc2ccc(S(N)(=O)=O)cc2)c(OC)c1. The van der Waals surface area contributed by atoms with Gasteiger partial charge in [0.2, 0.25) is 15.9 Å². The third-order valence-corrected chi connectivity index (χ3v) is 5.12. The lowest BCUT2D eigenvalue weighted by atomic mass is 10.0. The molecule has 0 saturated carbocycles. The average Bonchev–Trinajstić information content (AvgIpc) is 2.69. The number of rotatable bonds is 9. The maximum Gasteiger partial charge on any atom is 0.238 e. The number of carbonyl (C=O) groups excluding carboxylic acids is 1. The Kier molecular flexibility index (Phi) is 7.38. The van der Waals surface area contributed by atoms with E-state index >= 15 is 0 Å². The number of aliphatic hydroxyl groups is 1. The summed E-state index contributed by atoms with van der Waals surface area (Å²) in [5.74, 6) is 0.864. The molecule has 9 heteroatoms. The molecule has 0 radical (unpaired) electrons. The minimum atomic E-state index is -3.74. The minimum absolute atomic E-state index is 0.0131. The van der Waals surface area contributed by atoms with Gasteiger partial charge in [-0.15, -0.1) is 0 Å². The molecular weight excluding hydrogens is 384 g/mol. The van der Waals surface area contributed by atoms with Crippen LogP contribution in [0, 0.1) is 0 Å². The van der Waals surface area contributed by atoms with Crippen molar-refractivity contribution < 1.29 is 27.8 Å². The number of nitrogens with two attached hydrogens (primary N) is 1. The Bertz CT molecular complexity index is 913. The summed E-state index contributed by atoms with van der Waals surface area (Å²) in [5.41, 5.74) is 1.31. The van der Waals surface area contributed by atoms with E-state index in [1.54, 1.807) is 30.3 Å².